The first-order valence-corrected chi connectivity index (χ1v) is 13.1. The minimum Gasteiger partial charge on any atom is -0.390 e. The largest absolute Gasteiger partial charge is 0.390 e. The molecule has 0 bridgehead atoms. The summed E-state index contributed by atoms with van der Waals surface area (Å²) in [6, 6.07) is 16.7. The quantitative estimate of drug-likeness (QED) is 0.302. The molecular weight excluding hydrogens is 490 g/mol. The average molecular weight is 528 g/mol. The molecule has 10 atom stereocenters. The van der Waals surface area contributed by atoms with Gasteiger partial charge in [-0.25, -0.2) is 0 Å². The van der Waals surface area contributed by atoms with Crippen LogP contribution >= 0.6 is 0 Å². The van der Waals surface area contributed by atoms with Crippen LogP contribution in [0.4, 0.5) is 0 Å². The molecule has 2 aliphatic heterocycles. The monoisotopic (exact) mass is 527 g/mol. The van der Waals surface area contributed by atoms with Crippen molar-refractivity contribution in [3.63, 3.8) is 0 Å². The number of hydrogen-bond acceptors (Lipinski definition) is 9. The Hall–Kier alpha value is -2.41. The number of amides is 1. The Labute approximate surface area is 222 Å². The van der Waals surface area contributed by atoms with Gasteiger partial charge in [0.15, 0.2) is 0 Å². The molecule has 0 radical (unpaired) electrons. The number of likely N-dealkylation sites (N-methyl/N-ethyl adjacent to an activating group) is 2. The molecule has 2 saturated heterocycles. The fourth-order valence-corrected chi connectivity index (χ4v) is 6.06. The van der Waals surface area contributed by atoms with Gasteiger partial charge in [0, 0.05) is 0 Å². The van der Waals surface area contributed by atoms with E-state index in [1.807, 2.05) is 67.6 Å². The van der Waals surface area contributed by atoms with Crippen molar-refractivity contribution in [2.75, 3.05) is 14.1 Å². The topological polar surface area (TPSA) is 142 Å². The lowest BCUT2D eigenvalue weighted by atomic mass is 9.79. The van der Waals surface area contributed by atoms with Gasteiger partial charge in [-0.05, 0) is 38.6 Å². The van der Waals surface area contributed by atoms with Crippen LogP contribution in [0.3, 0.4) is 0 Å². The molecule has 2 aromatic carbocycles. The Bertz CT molecular complexity index is 1050. The molecule has 0 spiro atoms. The van der Waals surface area contributed by atoms with E-state index in [0.717, 1.165) is 11.1 Å². The third-order valence-corrected chi connectivity index (χ3v) is 8.00. The van der Waals surface area contributed by atoms with Crippen molar-refractivity contribution in [1.29, 1.82) is 0 Å². The standard InChI is InChI=1S/C28H37N3O7/c1-15-14-18(31-26(34)19(16-10-6-4-7-11-16)17-12-8-5-9-13-17)28(35)27(36-15)37-25-23(33)20(29-2)22(32)21(30-3)24(25)38-28/h4-13,15,18-25,27,29-30,32-33,35H,14H2,1-3H3,(H,31,34)/t15-,18-,20-,21+,22+,23-,24?,25?,27?,28+/m1/s1. The van der Waals surface area contributed by atoms with Gasteiger partial charge in [0.1, 0.15) is 18.3 Å². The lowest BCUT2D eigenvalue weighted by Crippen LogP contribution is -2.79. The van der Waals surface area contributed by atoms with Crippen LogP contribution in [0.1, 0.15) is 30.4 Å². The van der Waals surface area contributed by atoms with Crippen LogP contribution in [0.25, 0.3) is 0 Å². The van der Waals surface area contributed by atoms with Gasteiger partial charge in [0.05, 0.1) is 36.3 Å². The van der Waals surface area contributed by atoms with Gasteiger partial charge in [0.2, 0.25) is 18.0 Å². The van der Waals surface area contributed by atoms with Crippen molar-refractivity contribution >= 4 is 5.91 Å². The Kier molecular flexibility index (Phi) is 7.86. The van der Waals surface area contributed by atoms with Crippen LogP contribution in [0.15, 0.2) is 60.7 Å². The maximum Gasteiger partial charge on any atom is 0.239 e. The third kappa shape index (κ3) is 4.76. The molecule has 10 heteroatoms. The molecule has 2 aromatic rings. The Balaban J connectivity index is 1.45. The zero-order chi connectivity index (χ0) is 27.0. The first kappa shape index (κ1) is 27.2. The number of fused-ring (bicyclic) bond motifs is 2. The van der Waals surface area contributed by atoms with E-state index in [1.54, 1.807) is 14.1 Å². The summed E-state index contributed by atoms with van der Waals surface area (Å²) >= 11 is 0. The number of rotatable bonds is 6. The molecule has 1 amide bonds. The number of nitrogens with one attached hydrogen (secondary N) is 3. The van der Waals surface area contributed by atoms with Crippen molar-refractivity contribution in [2.24, 2.45) is 0 Å². The van der Waals surface area contributed by atoms with Gasteiger partial charge in [-0.3, -0.25) is 4.79 Å². The fraction of sp³-hybridized carbons (Fsp3) is 0.536. The molecule has 3 fully saturated rings. The minimum atomic E-state index is -2.05. The van der Waals surface area contributed by atoms with Crippen LogP contribution in [0.2, 0.25) is 0 Å². The first-order valence-electron chi connectivity index (χ1n) is 13.1. The molecule has 38 heavy (non-hydrogen) atoms. The van der Waals surface area contributed by atoms with Crippen LogP contribution in [0, 0.1) is 0 Å². The predicted molar refractivity (Wildman–Crippen MR) is 138 cm³/mol. The van der Waals surface area contributed by atoms with Crippen molar-refractivity contribution in [2.45, 2.75) is 80.0 Å². The predicted octanol–water partition coefficient (Wildman–Crippen LogP) is -0.178. The molecule has 3 unspecified atom stereocenters. The lowest BCUT2D eigenvalue weighted by Gasteiger charge is -2.58. The van der Waals surface area contributed by atoms with Crippen LogP contribution in [0.5, 0.6) is 0 Å². The fourth-order valence-electron chi connectivity index (χ4n) is 6.06. The molecule has 5 rings (SSSR count). The minimum absolute atomic E-state index is 0.268. The molecular formula is C28H37N3O7. The number of aliphatic hydroxyl groups excluding tert-OH is 2. The number of hydrogen-bond donors (Lipinski definition) is 6. The Morgan fingerprint density at radius 3 is 2.03 bits per heavy atom. The van der Waals surface area contributed by atoms with Crippen LogP contribution in [-0.4, -0.2) is 96.0 Å². The molecule has 206 valence electrons. The van der Waals surface area contributed by atoms with Gasteiger partial charge in [-0.15, -0.1) is 0 Å². The highest BCUT2D eigenvalue weighted by Gasteiger charge is 2.63. The molecule has 1 aliphatic carbocycles. The van der Waals surface area contributed by atoms with E-state index in [1.165, 1.54) is 0 Å². The van der Waals surface area contributed by atoms with E-state index >= 15 is 0 Å². The summed E-state index contributed by atoms with van der Waals surface area (Å²) in [5, 5.41) is 42.7. The highest BCUT2D eigenvalue weighted by Crippen LogP contribution is 2.42. The third-order valence-electron chi connectivity index (χ3n) is 8.00. The van der Waals surface area contributed by atoms with E-state index in [0.29, 0.717) is 0 Å². The summed E-state index contributed by atoms with van der Waals surface area (Å²) in [5.74, 6) is -2.97. The molecule has 3 aliphatic rings. The van der Waals surface area contributed by atoms with Gasteiger partial charge < -0.3 is 45.5 Å². The molecule has 6 N–H and O–H groups in total. The summed E-state index contributed by atoms with van der Waals surface area (Å²) in [6.07, 6.45) is -5.31. The van der Waals surface area contributed by atoms with E-state index in [9.17, 15) is 20.1 Å². The van der Waals surface area contributed by atoms with Gasteiger partial charge in [0.25, 0.3) is 0 Å². The first-order chi connectivity index (χ1) is 18.3. The molecule has 1 saturated carbocycles. The lowest BCUT2D eigenvalue weighted by molar-refractivity contribution is -0.449. The van der Waals surface area contributed by atoms with E-state index in [-0.39, 0.29) is 18.4 Å². The smallest absolute Gasteiger partial charge is 0.239 e. The van der Waals surface area contributed by atoms with Crippen molar-refractivity contribution < 1.29 is 34.3 Å². The second kappa shape index (κ2) is 11.0. The Morgan fingerprint density at radius 2 is 1.47 bits per heavy atom. The number of carbonyl (C=O) groups excluding carboxylic acids is 1. The number of benzene rings is 2. The highest BCUT2D eigenvalue weighted by atomic mass is 16.8. The normalized spacial score (nSPS) is 38.8. The summed E-state index contributed by atoms with van der Waals surface area (Å²) in [6.45, 7) is 1.83. The number of carbonyl (C=O) groups is 1. The second-order valence-corrected chi connectivity index (χ2v) is 10.4. The van der Waals surface area contributed by atoms with E-state index < -0.39 is 60.5 Å². The van der Waals surface area contributed by atoms with Crippen molar-refractivity contribution in [3.8, 4) is 0 Å². The summed E-state index contributed by atoms with van der Waals surface area (Å²) in [5.41, 5.74) is 1.63. The average Bonchev–Trinajstić information content (AvgIpc) is 2.91. The van der Waals surface area contributed by atoms with Gasteiger partial charge in [-0.1, -0.05) is 60.7 Å². The van der Waals surface area contributed by atoms with E-state index in [2.05, 4.69) is 16.0 Å². The van der Waals surface area contributed by atoms with E-state index in [4.69, 9.17) is 14.2 Å². The van der Waals surface area contributed by atoms with Crippen LogP contribution < -0.4 is 16.0 Å². The van der Waals surface area contributed by atoms with Crippen LogP contribution in [-0.2, 0) is 19.0 Å². The number of ether oxygens (including phenoxy) is 3. The Morgan fingerprint density at radius 1 is 0.895 bits per heavy atom. The molecule has 0 aromatic heterocycles. The maximum atomic E-state index is 13.9. The zero-order valence-corrected chi connectivity index (χ0v) is 21.7. The number of aliphatic hydroxyl groups is 3. The molecule has 2 heterocycles. The SMILES string of the molecule is CN[C@@H]1[C@H](O)[C@H](NC)C2O[C@]3(O)C(OC2[C@@H]1O)O[C@H](C)C[C@H]3NC(=O)C(c1ccccc1)c1ccccc1. The summed E-state index contributed by atoms with van der Waals surface area (Å²) in [4.78, 5) is 13.9. The summed E-state index contributed by atoms with van der Waals surface area (Å²) < 4.78 is 18.3. The zero-order valence-electron chi connectivity index (χ0n) is 21.7. The van der Waals surface area contributed by atoms with Gasteiger partial charge >= 0.3 is 0 Å². The second-order valence-electron chi connectivity index (χ2n) is 10.4. The summed E-state index contributed by atoms with van der Waals surface area (Å²) in [7, 11) is 3.31. The van der Waals surface area contributed by atoms with Crippen molar-refractivity contribution in [3.05, 3.63) is 71.8 Å². The van der Waals surface area contributed by atoms with Crippen molar-refractivity contribution in [1.82, 2.24) is 16.0 Å². The molecule has 10 nitrogen and oxygen atoms in total. The highest BCUT2D eigenvalue weighted by molar-refractivity contribution is 5.87. The van der Waals surface area contributed by atoms with Gasteiger partial charge in [-0.2, -0.15) is 0 Å². The maximum absolute atomic E-state index is 13.9.